The van der Waals surface area contributed by atoms with Crippen molar-refractivity contribution in [1.29, 1.82) is 5.41 Å². The summed E-state index contributed by atoms with van der Waals surface area (Å²) in [5, 5.41) is 15.5. The molecule has 3 heterocycles. The standard InChI is InChI=1S/C23H19N5O4S/c24-19-18(20(29)25-22-28(19)26-23(33-22)27-10-12-31-13-11-27)14-15-6-8-17(9-7-15)32-21(30)16-4-2-1-3-5-16/h1-9,14,24H,10-13H2/b18-14+,24-19?. The Morgan fingerprint density at radius 3 is 2.52 bits per heavy atom. The zero-order chi connectivity index (χ0) is 22.8. The number of carbonyl (C=O) groups excluding carboxylic acids is 2. The van der Waals surface area contributed by atoms with E-state index in [9.17, 15) is 9.59 Å². The zero-order valence-corrected chi connectivity index (χ0v) is 18.2. The summed E-state index contributed by atoms with van der Waals surface area (Å²) in [5.41, 5.74) is 1.27. The lowest BCUT2D eigenvalue weighted by molar-refractivity contribution is -0.114. The number of ether oxygens (including phenoxy) is 2. The van der Waals surface area contributed by atoms with Crippen LogP contribution in [-0.2, 0) is 9.53 Å². The summed E-state index contributed by atoms with van der Waals surface area (Å²) in [6.45, 7) is 2.64. The van der Waals surface area contributed by atoms with Crippen molar-refractivity contribution in [2.45, 2.75) is 0 Å². The normalized spacial score (nSPS) is 19.3. The molecule has 0 atom stereocenters. The fraction of sp³-hybridized carbons (Fsp3) is 0.174. The molecule has 0 radical (unpaired) electrons. The third-order valence-corrected chi connectivity index (χ3v) is 6.11. The molecule has 1 amide bonds. The van der Waals surface area contributed by atoms with Gasteiger partial charge >= 0.3 is 5.97 Å². The lowest BCUT2D eigenvalue weighted by atomic mass is 10.1. The Bertz CT molecular complexity index is 1200. The second-order valence-corrected chi connectivity index (χ2v) is 8.26. The maximum atomic E-state index is 12.6. The molecule has 0 spiro atoms. The van der Waals surface area contributed by atoms with Crippen LogP contribution in [0, 0.1) is 5.41 Å². The summed E-state index contributed by atoms with van der Waals surface area (Å²) in [5.74, 6) is -0.586. The maximum absolute atomic E-state index is 12.6. The maximum Gasteiger partial charge on any atom is 0.343 e. The molecule has 1 N–H and O–H groups in total. The molecule has 3 aliphatic rings. The van der Waals surface area contributed by atoms with Crippen LogP contribution in [0.25, 0.3) is 6.08 Å². The van der Waals surface area contributed by atoms with Crippen LogP contribution in [0.3, 0.4) is 0 Å². The summed E-state index contributed by atoms with van der Waals surface area (Å²) < 4.78 is 10.7. The number of amides is 1. The van der Waals surface area contributed by atoms with Crippen molar-refractivity contribution in [3.63, 3.8) is 0 Å². The number of nitrogens with zero attached hydrogens (tertiary/aromatic N) is 4. The van der Waals surface area contributed by atoms with Crippen LogP contribution in [0.15, 0.2) is 70.3 Å². The highest BCUT2D eigenvalue weighted by molar-refractivity contribution is 8.26. The van der Waals surface area contributed by atoms with E-state index in [-0.39, 0.29) is 11.4 Å². The van der Waals surface area contributed by atoms with Gasteiger partial charge in [0.25, 0.3) is 5.91 Å². The van der Waals surface area contributed by atoms with E-state index in [4.69, 9.17) is 14.9 Å². The van der Waals surface area contributed by atoms with Crippen molar-refractivity contribution >= 4 is 45.9 Å². The van der Waals surface area contributed by atoms with Crippen LogP contribution in [-0.4, -0.2) is 64.3 Å². The van der Waals surface area contributed by atoms with Gasteiger partial charge in [0, 0.05) is 13.1 Å². The molecule has 33 heavy (non-hydrogen) atoms. The number of esters is 1. The minimum Gasteiger partial charge on any atom is -0.423 e. The minimum absolute atomic E-state index is 0.0275. The van der Waals surface area contributed by atoms with Crippen molar-refractivity contribution in [3.05, 3.63) is 71.3 Å². The average molecular weight is 462 g/mol. The number of hydrazone groups is 1. The first-order valence-electron chi connectivity index (χ1n) is 10.3. The number of rotatable bonds is 3. The first-order valence-corrected chi connectivity index (χ1v) is 11.1. The van der Waals surface area contributed by atoms with E-state index >= 15 is 0 Å². The Kier molecular flexibility index (Phi) is 5.76. The van der Waals surface area contributed by atoms with Gasteiger partial charge in [-0.05, 0) is 47.7 Å². The number of hydrogen-bond donors (Lipinski definition) is 1. The Morgan fingerprint density at radius 1 is 1.06 bits per heavy atom. The Morgan fingerprint density at radius 2 is 1.79 bits per heavy atom. The molecule has 10 heteroatoms. The Hall–Kier alpha value is -3.76. The summed E-state index contributed by atoms with van der Waals surface area (Å²) in [7, 11) is 0. The second-order valence-electron chi connectivity index (χ2n) is 7.33. The highest BCUT2D eigenvalue weighted by Gasteiger charge is 2.37. The lowest BCUT2D eigenvalue weighted by Crippen LogP contribution is -2.39. The number of nitrogens with one attached hydrogen (secondary N) is 1. The predicted molar refractivity (Wildman–Crippen MR) is 125 cm³/mol. The number of thioether (sulfide) groups is 1. The lowest BCUT2D eigenvalue weighted by Gasteiger charge is -2.26. The molecule has 1 fully saturated rings. The summed E-state index contributed by atoms with van der Waals surface area (Å²) in [4.78, 5) is 31.0. The molecule has 3 aliphatic heterocycles. The van der Waals surface area contributed by atoms with Gasteiger partial charge in [-0.1, -0.05) is 30.3 Å². The van der Waals surface area contributed by atoms with E-state index in [1.165, 1.54) is 16.8 Å². The number of carbonyl (C=O) groups is 2. The smallest absolute Gasteiger partial charge is 0.343 e. The minimum atomic E-state index is -0.489. The number of amidine groups is 3. The van der Waals surface area contributed by atoms with E-state index in [0.29, 0.717) is 53.5 Å². The van der Waals surface area contributed by atoms with E-state index in [2.05, 4.69) is 15.0 Å². The summed E-state index contributed by atoms with van der Waals surface area (Å²) in [6.07, 6.45) is 1.58. The van der Waals surface area contributed by atoms with Crippen molar-refractivity contribution < 1.29 is 19.1 Å². The monoisotopic (exact) mass is 461 g/mol. The second kappa shape index (κ2) is 9.00. The van der Waals surface area contributed by atoms with E-state index in [1.54, 1.807) is 54.6 Å². The number of fused-ring (bicyclic) bond motifs is 1. The van der Waals surface area contributed by atoms with Crippen LogP contribution in [0.4, 0.5) is 0 Å². The Labute approximate surface area is 193 Å². The molecule has 0 aromatic heterocycles. The van der Waals surface area contributed by atoms with Gasteiger partial charge < -0.3 is 14.4 Å². The topological polar surface area (TPSA) is 108 Å². The number of hydrogen-bond acceptors (Lipinski definition) is 8. The molecule has 0 bridgehead atoms. The third kappa shape index (κ3) is 4.43. The van der Waals surface area contributed by atoms with Gasteiger partial charge in [0.05, 0.1) is 24.4 Å². The van der Waals surface area contributed by atoms with Crippen molar-refractivity contribution in [3.8, 4) is 5.75 Å². The van der Waals surface area contributed by atoms with Gasteiger partial charge in [0.1, 0.15) is 5.75 Å². The molecule has 2 aromatic rings. The van der Waals surface area contributed by atoms with Gasteiger partial charge in [0.2, 0.25) is 5.17 Å². The predicted octanol–water partition coefficient (Wildman–Crippen LogP) is 2.81. The fourth-order valence-electron chi connectivity index (χ4n) is 3.40. The van der Waals surface area contributed by atoms with Crippen LogP contribution < -0.4 is 4.74 Å². The van der Waals surface area contributed by atoms with E-state index < -0.39 is 11.9 Å². The van der Waals surface area contributed by atoms with Gasteiger partial charge in [-0.25, -0.2) is 4.79 Å². The van der Waals surface area contributed by atoms with Crippen molar-refractivity contribution in [2.24, 2.45) is 10.1 Å². The van der Waals surface area contributed by atoms with E-state index in [0.717, 1.165) is 0 Å². The highest BCUT2D eigenvalue weighted by Crippen LogP contribution is 2.30. The highest BCUT2D eigenvalue weighted by atomic mass is 32.2. The molecule has 0 unspecified atom stereocenters. The molecule has 166 valence electrons. The summed E-state index contributed by atoms with van der Waals surface area (Å²) in [6, 6.07) is 15.4. The van der Waals surface area contributed by atoms with Crippen LogP contribution in [0.1, 0.15) is 15.9 Å². The first kappa shape index (κ1) is 21.1. The molecule has 9 nitrogen and oxygen atoms in total. The van der Waals surface area contributed by atoms with Crippen molar-refractivity contribution in [1.82, 2.24) is 9.91 Å². The number of aliphatic imine (C=N–C) groups is 1. The van der Waals surface area contributed by atoms with Gasteiger partial charge in [-0.2, -0.15) is 10.0 Å². The van der Waals surface area contributed by atoms with Crippen molar-refractivity contribution in [2.75, 3.05) is 26.3 Å². The van der Waals surface area contributed by atoms with Crippen LogP contribution in [0.5, 0.6) is 5.75 Å². The fourth-order valence-corrected chi connectivity index (χ4v) is 4.35. The summed E-state index contributed by atoms with van der Waals surface area (Å²) >= 11 is 1.28. The quantitative estimate of drug-likeness (QED) is 0.425. The van der Waals surface area contributed by atoms with Gasteiger partial charge in [-0.3, -0.25) is 10.2 Å². The largest absolute Gasteiger partial charge is 0.423 e. The van der Waals surface area contributed by atoms with E-state index in [1.807, 2.05) is 6.07 Å². The molecular weight excluding hydrogens is 442 g/mol. The number of morpholine rings is 1. The van der Waals surface area contributed by atoms with Gasteiger partial charge in [0.15, 0.2) is 11.0 Å². The molecular formula is C23H19N5O4S. The number of benzene rings is 2. The van der Waals surface area contributed by atoms with Gasteiger partial charge in [-0.15, -0.1) is 5.10 Å². The molecule has 1 saturated heterocycles. The first-order chi connectivity index (χ1) is 16.1. The third-order valence-electron chi connectivity index (χ3n) is 5.14. The zero-order valence-electron chi connectivity index (χ0n) is 17.4. The SMILES string of the molecule is N=C1/C(=C\c2ccc(OC(=O)c3ccccc3)cc2)C(=O)N=C2SC(N3CCOCC3)=NN12. The molecule has 2 aromatic carbocycles. The average Bonchev–Trinajstić information content (AvgIpc) is 3.28. The Balaban J connectivity index is 1.31. The van der Waals surface area contributed by atoms with Crippen LogP contribution >= 0.6 is 11.8 Å². The molecule has 5 rings (SSSR count). The molecule has 0 aliphatic carbocycles. The van der Waals surface area contributed by atoms with Crippen LogP contribution in [0.2, 0.25) is 0 Å². The molecule has 0 saturated carbocycles.